The maximum Gasteiger partial charge on any atom is 0.420 e. The molecular weight excluding hydrogens is 174 g/mol. The van der Waals surface area contributed by atoms with Crippen molar-refractivity contribution in [2.45, 2.75) is 12.4 Å². The zero-order chi connectivity index (χ0) is 9.28. The third kappa shape index (κ3) is 2.81. The third-order valence-corrected chi connectivity index (χ3v) is 0.815. The molecule has 0 aliphatic rings. The average molecular weight is 177 g/mol. The fraction of sp³-hybridized carbons (Fsp3) is 0.400. The summed E-state index contributed by atoms with van der Waals surface area (Å²) >= 11 is 0. The van der Waals surface area contributed by atoms with Crippen LogP contribution in [0.3, 0.4) is 0 Å². The molecule has 0 saturated heterocycles. The van der Waals surface area contributed by atoms with E-state index in [0.29, 0.717) is 0 Å². The Morgan fingerprint density at radius 1 is 0.909 bits per heavy atom. The summed E-state index contributed by atoms with van der Waals surface area (Å²) in [5, 5.41) is 0. The third-order valence-electron chi connectivity index (χ3n) is 0.815. The Kier molecular flexibility index (Phi) is 2.58. The van der Waals surface area contributed by atoms with Gasteiger partial charge in [0.1, 0.15) is 5.57 Å². The van der Waals surface area contributed by atoms with Gasteiger partial charge < -0.3 is 0 Å². The lowest BCUT2D eigenvalue weighted by molar-refractivity contribution is -0.171. The minimum absolute atomic E-state index is 0.250. The van der Waals surface area contributed by atoms with Crippen LogP contribution in [0.5, 0.6) is 0 Å². The molecular formula is C5H3F6. The van der Waals surface area contributed by atoms with E-state index in [2.05, 4.69) is 6.92 Å². The van der Waals surface area contributed by atoms with Crippen LogP contribution in [0.15, 0.2) is 11.6 Å². The van der Waals surface area contributed by atoms with Crippen molar-refractivity contribution in [3.8, 4) is 0 Å². The van der Waals surface area contributed by atoms with Crippen LogP contribution in [0, 0.1) is 6.92 Å². The van der Waals surface area contributed by atoms with Crippen LogP contribution >= 0.6 is 0 Å². The molecule has 0 saturated carbocycles. The van der Waals surface area contributed by atoms with Gasteiger partial charge in [0.05, 0.1) is 0 Å². The van der Waals surface area contributed by atoms with Crippen molar-refractivity contribution < 1.29 is 26.3 Å². The van der Waals surface area contributed by atoms with Gasteiger partial charge in [-0.1, -0.05) is 6.08 Å². The van der Waals surface area contributed by atoms with Crippen molar-refractivity contribution >= 4 is 0 Å². The molecule has 0 bridgehead atoms. The molecule has 0 fully saturated rings. The van der Waals surface area contributed by atoms with Crippen molar-refractivity contribution in [2.75, 3.05) is 0 Å². The van der Waals surface area contributed by atoms with Crippen LogP contribution in [0.25, 0.3) is 0 Å². The van der Waals surface area contributed by atoms with Crippen molar-refractivity contribution in [1.29, 1.82) is 0 Å². The predicted molar refractivity (Wildman–Crippen MR) is 25.5 cm³/mol. The van der Waals surface area contributed by atoms with Crippen LogP contribution in [0.2, 0.25) is 0 Å². The van der Waals surface area contributed by atoms with E-state index in [1.165, 1.54) is 0 Å². The minimum Gasteiger partial charge on any atom is -0.166 e. The molecule has 6 heteroatoms. The first kappa shape index (κ1) is 10.3. The molecule has 0 N–H and O–H groups in total. The van der Waals surface area contributed by atoms with Gasteiger partial charge in [-0.2, -0.15) is 26.3 Å². The summed E-state index contributed by atoms with van der Waals surface area (Å²) in [6.45, 7) is 2.42. The maximum atomic E-state index is 11.4. The summed E-state index contributed by atoms with van der Waals surface area (Å²) in [7, 11) is 0. The Balaban J connectivity index is 4.74. The smallest absolute Gasteiger partial charge is 0.166 e. The maximum absolute atomic E-state index is 11.4. The van der Waals surface area contributed by atoms with Crippen molar-refractivity contribution in [3.05, 3.63) is 18.6 Å². The summed E-state index contributed by atoms with van der Waals surface area (Å²) < 4.78 is 68.3. The van der Waals surface area contributed by atoms with Gasteiger partial charge in [-0.25, -0.2) is 0 Å². The Bertz CT molecular complexity index is 143. The molecule has 0 nitrogen and oxygen atoms in total. The average Bonchev–Trinajstić information content (AvgIpc) is 1.56. The first-order valence-electron chi connectivity index (χ1n) is 2.33. The Hall–Kier alpha value is -0.680. The molecule has 0 rings (SSSR count). The van der Waals surface area contributed by atoms with Crippen LogP contribution in [0.1, 0.15) is 0 Å². The van der Waals surface area contributed by atoms with E-state index in [4.69, 9.17) is 0 Å². The Morgan fingerprint density at radius 3 is 1.18 bits per heavy atom. The fourth-order valence-electron chi connectivity index (χ4n) is 0.392. The Labute approximate surface area is 58.5 Å². The largest absolute Gasteiger partial charge is 0.420 e. The summed E-state index contributed by atoms with van der Waals surface area (Å²) in [6.07, 6.45) is -11.0. The zero-order valence-corrected chi connectivity index (χ0v) is 5.05. The predicted octanol–water partition coefficient (Wildman–Crippen LogP) is 2.87. The van der Waals surface area contributed by atoms with E-state index < -0.39 is 17.9 Å². The van der Waals surface area contributed by atoms with Crippen LogP contribution in [-0.2, 0) is 0 Å². The zero-order valence-electron chi connectivity index (χ0n) is 5.05. The highest BCUT2D eigenvalue weighted by Gasteiger charge is 2.50. The first-order valence-corrected chi connectivity index (χ1v) is 2.33. The summed E-state index contributed by atoms with van der Waals surface area (Å²) in [4.78, 5) is 0. The van der Waals surface area contributed by atoms with Crippen molar-refractivity contribution in [3.63, 3.8) is 0 Å². The number of hydrogen-bond acceptors (Lipinski definition) is 0. The van der Waals surface area contributed by atoms with Gasteiger partial charge in [-0.15, -0.1) is 0 Å². The summed E-state index contributed by atoms with van der Waals surface area (Å²) in [5.41, 5.74) is -2.58. The lowest BCUT2D eigenvalue weighted by Gasteiger charge is -2.13. The lowest BCUT2D eigenvalue weighted by atomic mass is 10.2. The number of rotatable bonds is 0. The first-order chi connectivity index (χ1) is 4.69. The van der Waals surface area contributed by atoms with Crippen molar-refractivity contribution in [1.82, 2.24) is 0 Å². The van der Waals surface area contributed by atoms with Gasteiger partial charge in [0.2, 0.25) is 0 Å². The van der Waals surface area contributed by atoms with E-state index in [0.717, 1.165) is 0 Å². The number of halogens is 6. The lowest BCUT2D eigenvalue weighted by Crippen LogP contribution is -2.25. The normalized spacial score (nSPS) is 13.0. The highest BCUT2D eigenvalue weighted by atomic mass is 19.4. The van der Waals surface area contributed by atoms with Crippen LogP contribution < -0.4 is 0 Å². The number of hydrogen-bond donors (Lipinski definition) is 0. The van der Waals surface area contributed by atoms with Gasteiger partial charge in [0, 0.05) is 0 Å². The molecule has 0 spiro atoms. The second kappa shape index (κ2) is 2.75. The van der Waals surface area contributed by atoms with Gasteiger partial charge >= 0.3 is 12.4 Å². The van der Waals surface area contributed by atoms with Gasteiger partial charge in [-0.05, 0) is 6.92 Å². The second-order valence-electron chi connectivity index (χ2n) is 1.61. The molecule has 0 aromatic rings. The topological polar surface area (TPSA) is 0 Å². The summed E-state index contributed by atoms with van der Waals surface area (Å²) in [5.74, 6) is 0. The highest BCUT2D eigenvalue weighted by molar-refractivity contribution is 5.16. The quantitative estimate of drug-likeness (QED) is 0.499. The van der Waals surface area contributed by atoms with Crippen LogP contribution in [-0.4, -0.2) is 12.4 Å². The SMILES string of the molecule is [CH2]C=C(C(F)(F)F)C(F)(F)F. The monoisotopic (exact) mass is 177 g/mol. The molecule has 0 aliphatic carbocycles. The molecule has 0 aliphatic heterocycles. The molecule has 0 heterocycles. The van der Waals surface area contributed by atoms with Crippen molar-refractivity contribution in [2.24, 2.45) is 0 Å². The highest BCUT2D eigenvalue weighted by Crippen LogP contribution is 2.38. The van der Waals surface area contributed by atoms with E-state index in [-0.39, 0.29) is 6.08 Å². The van der Waals surface area contributed by atoms with E-state index in [1.807, 2.05) is 0 Å². The molecule has 0 atom stereocenters. The van der Waals surface area contributed by atoms with E-state index >= 15 is 0 Å². The molecule has 0 amide bonds. The molecule has 0 aromatic heterocycles. The molecule has 11 heavy (non-hydrogen) atoms. The van der Waals surface area contributed by atoms with E-state index in [1.54, 1.807) is 0 Å². The molecule has 1 radical (unpaired) electrons. The van der Waals surface area contributed by atoms with Gasteiger partial charge in [-0.3, -0.25) is 0 Å². The standard InChI is InChI=1S/C5H3F6/c1-2-3(4(6,7)8)5(9,10)11/h2H,1H2. The van der Waals surface area contributed by atoms with Gasteiger partial charge in [0.25, 0.3) is 0 Å². The Morgan fingerprint density at radius 2 is 1.18 bits per heavy atom. The molecule has 65 valence electrons. The number of alkyl halides is 6. The fourth-order valence-corrected chi connectivity index (χ4v) is 0.392. The van der Waals surface area contributed by atoms with Gasteiger partial charge in [0.15, 0.2) is 0 Å². The minimum atomic E-state index is -5.38. The molecule has 0 aromatic carbocycles. The van der Waals surface area contributed by atoms with Crippen LogP contribution in [0.4, 0.5) is 26.3 Å². The summed E-state index contributed by atoms with van der Waals surface area (Å²) in [6, 6.07) is 0. The number of allylic oxidation sites excluding steroid dienone is 2. The van der Waals surface area contributed by atoms with E-state index in [9.17, 15) is 26.3 Å². The second-order valence-corrected chi connectivity index (χ2v) is 1.61. The molecule has 0 unspecified atom stereocenters.